The molecule has 0 spiro atoms. The van der Waals surface area contributed by atoms with Crippen LogP contribution in [-0.2, 0) is 18.9 Å². The van der Waals surface area contributed by atoms with Crippen LogP contribution in [0.25, 0.3) is 0 Å². The Morgan fingerprint density at radius 2 is 2.11 bits per heavy atom. The topological polar surface area (TPSA) is 60.4 Å². The first kappa shape index (κ1) is 8.57. The summed E-state index contributed by atoms with van der Waals surface area (Å²) in [6, 6.07) is 0. The van der Waals surface area contributed by atoms with E-state index in [1.165, 1.54) is 0 Å². The molecule has 0 N–H and O–H groups in total. The van der Waals surface area contributed by atoms with Crippen molar-refractivity contribution in [1.82, 2.24) is 0 Å². The van der Waals surface area contributed by atoms with Crippen LogP contribution in [0, 0.1) is 0 Å². The molecular formula is C2H5FO4SSi. The number of halogens is 1. The lowest BCUT2D eigenvalue weighted by Gasteiger charge is -1.93. The summed E-state index contributed by atoms with van der Waals surface area (Å²) in [5.41, 5.74) is 0. The minimum absolute atomic E-state index is 0.761. The lowest BCUT2D eigenvalue weighted by Crippen LogP contribution is -2.11. The van der Waals surface area contributed by atoms with Crippen LogP contribution in [0.5, 0.6) is 0 Å². The van der Waals surface area contributed by atoms with Gasteiger partial charge in [0.25, 0.3) is 5.97 Å². The van der Waals surface area contributed by atoms with Crippen LogP contribution in [0.1, 0.15) is 6.92 Å². The van der Waals surface area contributed by atoms with Crippen LogP contribution < -0.4 is 0 Å². The molecule has 0 rings (SSSR count). The van der Waals surface area contributed by atoms with Crippen LogP contribution in [0.2, 0.25) is 0 Å². The van der Waals surface area contributed by atoms with Crippen molar-refractivity contribution in [2.75, 3.05) is 0 Å². The van der Waals surface area contributed by atoms with Crippen LogP contribution >= 0.6 is 0 Å². The molecule has 0 bridgehead atoms. The summed E-state index contributed by atoms with van der Waals surface area (Å²) in [5, 5.41) is 0. The Labute approximate surface area is 53.8 Å². The minimum atomic E-state index is -4.52. The third kappa shape index (κ3) is 7.57. The van der Waals surface area contributed by atoms with Crippen LogP contribution in [0.15, 0.2) is 0 Å². The van der Waals surface area contributed by atoms with Gasteiger partial charge in [-0.2, -0.15) is 8.42 Å². The second-order valence-corrected chi connectivity index (χ2v) is 5.67. The molecule has 0 amide bonds. The third-order valence-corrected chi connectivity index (χ3v) is 2.41. The van der Waals surface area contributed by atoms with Gasteiger partial charge in [0, 0.05) is 6.92 Å². The second-order valence-electron chi connectivity index (χ2n) is 1.29. The fraction of sp³-hybridized carbons (Fsp3) is 0.500. The summed E-state index contributed by atoms with van der Waals surface area (Å²) in [7, 11) is -6.87. The second kappa shape index (κ2) is 2.92. The quantitative estimate of drug-likeness (QED) is 0.390. The maximum Gasteiger partial charge on any atom is 0.395 e. The average molecular weight is 172 g/mol. The molecule has 0 unspecified atom stereocenters. The van der Waals surface area contributed by atoms with E-state index in [0.717, 1.165) is 6.92 Å². The van der Waals surface area contributed by atoms with Crippen LogP contribution in [0.4, 0.5) is 3.89 Å². The van der Waals surface area contributed by atoms with E-state index >= 15 is 0 Å². The number of carbonyl (C=O) groups excluding carboxylic acids is 1. The van der Waals surface area contributed by atoms with Crippen molar-refractivity contribution >= 4 is 24.6 Å². The summed E-state index contributed by atoms with van der Waals surface area (Å²) in [6.07, 6.45) is 0. The molecule has 0 aliphatic rings. The molecule has 0 aliphatic heterocycles. The minimum Gasteiger partial charge on any atom is -0.506 e. The highest BCUT2D eigenvalue weighted by Gasteiger charge is 2.10. The summed E-state index contributed by atoms with van der Waals surface area (Å²) in [6.45, 7) is 1.03. The van der Waals surface area contributed by atoms with Crippen molar-refractivity contribution in [2.45, 2.75) is 6.92 Å². The maximum atomic E-state index is 11.5. The highest BCUT2D eigenvalue weighted by Crippen LogP contribution is 1.87. The Hall–Kier alpha value is -0.433. The zero-order chi connectivity index (χ0) is 7.49. The number of rotatable bonds is 2. The van der Waals surface area contributed by atoms with Crippen molar-refractivity contribution < 1.29 is 21.5 Å². The zero-order valence-electron chi connectivity index (χ0n) is 4.63. The lowest BCUT2D eigenvalue weighted by atomic mass is 10.9. The Morgan fingerprint density at radius 1 is 1.67 bits per heavy atom. The van der Waals surface area contributed by atoms with E-state index in [2.05, 4.69) is 4.43 Å². The van der Waals surface area contributed by atoms with Crippen LogP contribution in [-0.4, -0.2) is 23.3 Å². The molecule has 0 aromatic heterocycles. The SMILES string of the molecule is CC(=O)O[SiH2]S(=O)(=O)F. The standard InChI is InChI=1S/C2H5FO4SSi/c1-2(4)7-9-8(3,5)6/h9H2,1H3. The van der Waals surface area contributed by atoms with Crippen molar-refractivity contribution in [2.24, 2.45) is 0 Å². The number of carbonyl (C=O) groups is 1. The number of hydrogen-bond donors (Lipinski definition) is 0. The first-order chi connectivity index (χ1) is 3.92. The summed E-state index contributed by atoms with van der Waals surface area (Å²) in [5.74, 6) is -0.761. The highest BCUT2D eigenvalue weighted by molar-refractivity contribution is 8.10. The molecule has 0 saturated carbocycles. The van der Waals surface area contributed by atoms with Gasteiger partial charge in [0.2, 0.25) is 0 Å². The molecular weight excluding hydrogens is 167 g/mol. The predicted octanol–water partition coefficient (Wildman–Crippen LogP) is -1.15. The zero-order valence-corrected chi connectivity index (χ0v) is 6.86. The lowest BCUT2D eigenvalue weighted by molar-refractivity contribution is -0.131. The van der Waals surface area contributed by atoms with E-state index in [-0.39, 0.29) is 0 Å². The molecule has 0 aromatic rings. The van der Waals surface area contributed by atoms with Crippen LogP contribution in [0.3, 0.4) is 0 Å². The van der Waals surface area contributed by atoms with Gasteiger partial charge in [-0.25, -0.2) is 0 Å². The number of hydrogen-bond acceptors (Lipinski definition) is 4. The maximum absolute atomic E-state index is 11.5. The van der Waals surface area contributed by atoms with Crippen molar-refractivity contribution in [1.29, 1.82) is 0 Å². The fourth-order valence-electron chi connectivity index (χ4n) is 0.153. The molecule has 0 aliphatic carbocycles. The smallest absolute Gasteiger partial charge is 0.395 e. The van der Waals surface area contributed by atoms with E-state index in [1.54, 1.807) is 0 Å². The van der Waals surface area contributed by atoms with Crippen molar-refractivity contribution in [3.05, 3.63) is 0 Å². The average Bonchev–Trinajstić information content (AvgIpc) is 1.59. The molecule has 0 fully saturated rings. The van der Waals surface area contributed by atoms with Gasteiger partial charge < -0.3 is 4.43 Å². The van der Waals surface area contributed by atoms with Gasteiger partial charge in [-0.1, -0.05) is 0 Å². The molecule has 0 radical (unpaired) electrons. The summed E-state index contributed by atoms with van der Waals surface area (Å²) < 4.78 is 34.8. The van der Waals surface area contributed by atoms with E-state index in [9.17, 15) is 17.1 Å². The largest absolute Gasteiger partial charge is 0.506 e. The van der Waals surface area contributed by atoms with Gasteiger partial charge in [-0.05, 0) is 0 Å². The predicted molar refractivity (Wildman–Crippen MR) is 30.3 cm³/mol. The molecule has 0 heterocycles. The monoisotopic (exact) mass is 172 g/mol. The molecule has 9 heavy (non-hydrogen) atoms. The van der Waals surface area contributed by atoms with Gasteiger partial charge in [-0.3, -0.25) is 4.79 Å². The molecule has 0 saturated heterocycles. The Balaban J connectivity index is 3.67. The van der Waals surface area contributed by atoms with Gasteiger partial charge in [-0.15, -0.1) is 3.89 Å². The van der Waals surface area contributed by atoms with Gasteiger partial charge in [0.1, 0.15) is 0 Å². The molecule has 4 nitrogen and oxygen atoms in total. The Kier molecular flexibility index (Phi) is 2.78. The van der Waals surface area contributed by atoms with E-state index in [0.29, 0.717) is 0 Å². The molecule has 7 heteroatoms. The Bertz CT molecular complexity index is 197. The highest BCUT2D eigenvalue weighted by atomic mass is 32.4. The van der Waals surface area contributed by atoms with Gasteiger partial charge in [0.15, 0.2) is 0 Å². The molecule has 0 atom stereocenters. The molecule has 54 valence electrons. The van der Waals surface area contributed by atoms with Gasteiger partial charge in [0.05, 0.1) is 0 Å². The van der Waals surface area contributed by atoms with Crippen molar-refractivity contribution in [3.8, 4) is 0 Å². The normalized spacial score (nSPS) is 12.2. The summed E-state index contributed by atoms with van der Waals surface area (Å²) >= 11 is 0. The first-order valence-electron chi connectivity index (χ1n) is 1.97. The first-order valence-corrected chi connectivity index (χ1v) is 5.84. The van der Waals surface area contributed by atoms with E-state index in [4.69, 9.17) is 0 Å². The van der Waals surface area contributed by atoms with E-state index in [1.807, 2.05) is 0 Å². The van der Waals surface area contributed by atoms with E-state index < -0.39 is 24.6 Å². The third-order valence-electron chi connectivity index (χ3n) is 0.403. The Morgan fingerprint density at radius 3 is 2.22 bits per heavy atom. The van der Waals surface area contributed by atoms with Gasteiger partial charge >= 0.3 is 18.6 Å². The summed E-state index contributed by atoms with van der Waals surface area (Å²) in [4.78, 5) is 9.87. The molecule has 0 aromatic carbocycles. The van der Waals surface area contributed by atoms with Crippen molar-refractivity contribution in [3.63, 3.8) is 0 Å². The fourth-order valence-corrected chi connectivity index (χ4v) is 1.38.